The maximum atomic E-state index is 12.2. The summed E-state index contributed by atoms with van der Waals surface area (Å²) in [5.74, 6) is -0.183. The van der Waals surface area contributed by atoms with E-state index in [-0.39, 0.29) is 23.8 Å². The minimum absolute atomic E-state index is 0.00131. The van der Waals surface area contributed by atoms with Gasteiger partial charge in [0.05, 0.1) is 12.6 Å². The van der Waals surface area contributed by atoms with E-state index in [0.29, 0.717) is 11.7 Å². The SMILES string of the molecule is CSC(CO)C(C)NC(=O)c1ccn(C2CCCNC2)n1. The Balaban J connectivity index is 1.95. The van der Waals surface area contributed by atoms with Crippen LogP contribution in [-0.4, -0.2) is 58.0 Å². The Morgan fingerprint density at radius 3 is 3.14 bits per heavy atom. The van der Waals surface area contributed by atoms with Crippen LogP contribution in [0.5, 0.6) is 0 Å². The molecule has 6 nitrogen and oxygen atoms in total. The molecule has 0 aliphatic carbocycles. The molecule has 21 heavy (non-hydrogen) atoms. The number of aromatic nitrogens is 2. The Hall–Kier alpha value is -1.05. The number of carbonyl (C=O) groups excluding carboxylic acids is 1. The van der Waals surface area contributed by atoms with E-state index in [1.165, 1.54) is 0 Å². The summed E-state index contributed by atoms with van der Waals surface area (Å²) in [7, 11) is 0. The lowest BCUT2D eigenvalue weighted by Gasteiger charge is -2.23. The van der Waals surface area contributed by atoms with Gasteiger partial charge in [0, 0.05) is 24.0 Å². The largest absolute Gasteiger partial charge is 0.395 e. The summed E-state index contributed by atoms with van der Waals surface area (Å²) in [4.78, 5) is 12.2. The number of piperidine rings is 1. The van der Waals surface area contributed by atoms with Crippen LogP contribution in [0.2, 0.25) is 0 Å². The first-order chi connectivity index (χ1) is 10.2. The van der Waals surface area contributed by atoms with Crippen molar-refractivity contribution < 1.29 is 9.90 Å². The van der Waals surface area contributed by atoms with Crippen molar-refractivity contribution in [3.8, 4) is 0 Å². The molecule has 0 saturated carbocycles. The second-order valence-corrected chi connectivity index (χ2v) is 6.48. The van der Waals surface area contributed by atoms with Gasteiger partial charge in [-0.25, -0.2) is 0 Å². The molecule has 7 heteroatoms. The van der Waals surface area contributed by atoms with Gasteiger partial charge < -0.3 is 15.7 Å². The van der Waals surface area contributed by atoms with E-state index in [1.807, 2.05) is 24.1 Å². The van der Waals surface area contributed by atoms with Crippen LogP contribution >= 0.6 is 11.8 Å². The molecule has 2 heterocycles. The summed E-state index contributed by atoms with van der Waals surface area (Å²) < 4.78 is 1.88. The molecule has 0 bridgehead atoms. The predicted molar refractivity (Wildman–Crippen MR) is 84.7 cm³/mol. The fourth-order valence-corrected chi connectivity index (χ4v) is 3.16. The van der Waals surface area contributed by atoms with Gasteiger partial charge in [-0.2, -0.15) is 16.9 Å². The van der Waals surface area contributed by atoms with Crippen LogP contribution in [0.1, 0.15) is 36.3 Å². The standard InChI is InChI=1S/C14H24N4O2S/c1-10(13(9-19)21-2)16-14(20)12-5-7-18(17-12)11-4-3-6-15-8-11/h5,7,10-11,13,15,19H,3-4,6,8-9H2,1-2H3,(H,16,20). The summed E-state index contributed by atoms with van der Waals surface area (Å²) in [5, 5.41) is 19.9. The molecule has 3 unspecified atom stereocenters. The Labute approximate surface area is 129 Å². The Bertz CT molecular complexity index is 456. The molecule has 118 valence electrons. The maximum absolute atomic E-state index is 12.2. The second kappa shape index (κ2) is 7.82. The van der Waals surface area contributed by atoms with Gasteiger partial charge in [-0.05, 0) is 38.6 Å². The topological polar surface area (TPSA) is 79.2 Å². The molecular weight excluding hydrogens is 288 g/mol. The minimum atomic E-state index is -0.183. The average molecular weight is 312 g/mol. The summed E-state index contributed by atoms with van der Waals surface area (Å²) in [6, 6.07) is 1.98. The first-order valence-corrected chi connectivity index (χ1v) is 8.65. The zero-order chi connectivity index (χ0) is 15.2. The number of nitrogens with one attached hydrogen (secondary N) is 2. The van der Waals surface area contributed by atoms with E-state index < -0.39 is 0 Å². The summed E-state index contributed by atoms with van der Waals surface area (Å²) >= 11 is 1.54. The molecule has 2 rings (SSSR count). The Kier molecular flexibility index (Phi) is 6.08. The fourth-order valence-electron chi connectivity index (χ4n) is 2.53. The van der Waals surface area contributed by atoms with Gasteiger partial charge >= 0.3 is 0 Å². The van der Waals surface area contributed by atoms with Crippen molar-refractivity contribution >= 4 is 17.7 Å². The first kappa shape index (κ1) is 16.3. The van der Waals surface area contributed by atoms with E-state index >= 15 is 0 Å². The van der Waals surface area contributed by atoms with Crippen LogP contribution in [0, 0.1) is 0 Å². The molecule has 1 saturated heterocycles. The van der Waals surface area contributed by atoms with Crippen molar-refractivity contribution in [3.63, 3.8) is 0 Å². The number of carbonyl (C=O) groups is 1. The molecule has 1 aromatic heterocycles. The number of aliphatic hydroxyl groups excluding tert-OH is 1. The molecule has 3 atom stereocenters. The molecule has 0 spiro atoms. The van der Waals surface area contributed by atoms with E-state index in [0.717, 1.165) is 25.9 Å². The summed E-state index contributed by atoms with van der Waals surface area (Å²) in [6.45, 7) is 3.90. The number of hydrogen-bond donors (Lipinski definition) is 3. The highest BCUT2D eigenvalue weighted by Crippen LogP contribution is 2.16. The Morgan fingerprint density at radius 2 is 2.52 bits per heavy atom. The molecule has 1 aromatic rings. The quantitative estimate of drug-likeness (QED) is 0.719. The third kappa shape index (κ3) is 4.21. The van der Waals surface area contributed by atoms with Gasteiger partial charge in [0.25, 0.3) is 5.91 Å². The van der Waals surface area contributed by atoms with Crippen LogP contribution in [0.15, 0.2) is 12.3 Å². The number of rotatable bonds is 6. The number of thioether (sulfide) groups is 1. The molecule has 0 radical (unpaired) electrons. The molecule has 0 aromatic carbocycles. The highest BCUT2D eigenvalue weighted by molar-refractivity contribution is 7.99. The third-order valence-electron chi connectivity index (χ3n) is 3.89. The van der Waals surface area contributed by atoms with E-state index in [4.69, 9.17) is 0 Å². The molecule has 1 aliphatic rings. The van der Waals surface area contributed by atoms with Crippen LogP contribution in [0.3, 0.4) is 0 Å². The smallest absolute Gasteiger partial charge is 0.272 e. The number of nitrogens with zero attached hydrogens (tertiary/aromatic N) is 2. The van der Waals surface area contributed by atoms with Gasteiger partial charge in [0.1, 0.15) is 5.69 Å². The summed E-state index contributed by atoms with van der Waals surface area (Å²) in [6.07, 6.45) is 6.02. The van der Waals surface area contributed by atoms with Crippen LogP contribution in [0.4, 0.5) is 0 Å². The first-order valence-electron chi connectivity index (χ1n) is 7.36. The summed E-state index contributed by atoms with van der Waals surface area (Å²) in [5.41, 5.74) is 0.435. The number of hydrogen-bond acceptors (Lipinski definition) is 5. The van der Waals surface area contributed by atoms with Crippen molar-refractivity contribution in [2.75, 3.05) is 26.0 Å². The normalized spacial score (nSPS) is 21.8. The van der Waals surface area contributed by atoms with Crippen molar-refractivity contribution in [1.29, 1.82) is 0 Å². The van der Waals surface area contributed by atoms with Crippen molar-refractivity contribution in [3.05, 3.63) is 18.0 Å². The van der Waals surface area contributed by atoms with E-state index in [2.05, 4.69) is 15.7 Å². The average Bonchev–Trinajstić information content (AvgIpc) is 2.99. The second-order valence-electron chi connectivity index (χ2n) is 5.40. The monoisotopic (exact) mass is 312 g/mol. The van der Waals surface area contributed by atoms with E-state index in [1.54, 1.807) is 17.8 Å². The van der Waals surface area contributed by atoms with Gasteiger partial charge in [0.15, 0.2) is 0 Å². The minimum Gasteiger partial charge on any atom is -0.395 e. The van der Waals surface area contributed by atoms with E-state index in [9.17, 15) is 9.90 Å². The lowest BCUT2D eigenvalue weighted by atomic mass is 10.1. The third-order valence-corrected chi connectivity index (χ3v) is 5.05. The lowest BCUT2D eigenvalue weighted by Crippen LogP contribution is -2.41. The fraction of sp³-hybridized carbons (Fsp3) is 0.714. The number of amides is 1. The molecule has 1 aliphatic heterocycles. The molecule has 3 N–H and O–H groups in total. The van der Waals surface area contributed by atoms with Gasteiger partial charge in [-0.3, -0.25) is 9.48 Å². The maximum Gasteiger partial charge on any atom is 0.272 e. The van der Waals surface area contributed by atoms with Crippen molar-refractivity contribution in [2.45, 2.75) is 37.1 Å². The zero-order valence-electron chi connectivity index (χ0n) is 12.6. The van der Waals surface area contributed by atoms with Crippen molar-refractivity contribution in [2.24, 2.45) is 0 Å². The van der Waals surface area contributed by atoms with Crippen LogP contribution in [-0.2, 0) is 0 Å². The highest BCUT2D eigenvalue weighted by Gasteiger charge is 2.21. The molecular formula is C14H24N4O2S. The van der Waals surface area contributed by atoms with Crippen LogP contribution < -0.4 is 10.6 Å². The zero-order valence-corrected chi connectivity index (χ0v) is 13.4. The highest BCUT2D eigenvalue weighted by atomic mass is 32.2. The predicted octanol–water partition coefficient (Wildman–Crippen LogP) is 0.650. The molecule has 1 amide bonds. The van der Waals surface area contributed by atoms with Crippen molar-refractivity contribution in [1.82, 2.24) is 20.4 Å². The van der Waals surface area contributed by atoms with Gasteiger partial charge in [-0.1, -0.05) is 0 Å². The van der Waals surface area contributed by atoms with Crippen LogP contribution in [0.25, 0.3) is 0 Å². The van der Waals surface area contributed by atoms with Gasteiger partial charge in [-0.15, -0.1) is 0 Å². The lowest BCUT2D eigenvalue weighted by molar-refractivity contribution is 0.0929. The Morgan fingerprint density at radius 1 is 1.71 bits per heavy atom. The number of aliphatic hydroxyl groups is 1. The van der Waals surface area contributed by atoms with Gasteiger partial charge in [0.2, 0.25) is 0 Å². The molecule has 1 fully saturated rings.